The molecule has 1 rings (SSSR count). The predicted octanol–water partition coefficient (Wildman–Crippen LogP) is 2.44. The van der Waals surface area contributed by atoms with Crippen molar-refractivity contribution in [3.8, 4) is 5.75 Å². The van der Waals surface area contributed by atoms with Crippen LogP contribution in [-0.2, 0) is 0 Å². The molecule has 0 saturated carbocycles. The van der Waals surface area contributed by atoms with Crippen LogP contribution in [0.15, 0.2) is 24.3 Å². The summed E-state index contributed by atoms with van der Waals surface area (Å²) in [4.78, 5) is 0. The van der Waals surface area contributed by atoms with E-state index in [0.717, 1.165) is 0 Å². The van der Waals surface area contributed by atoms with Gasteiger partial charge in [-0.15, -0.1) is 11.6 Å². The van der Waals surface area contributed by atoms with Gasteiger partial charge < -0.3 is 4.74 Å². The van der Waals surface area contributed by atoms with Crippen molar-refractivity contribution in [1.82, 2.24) is 0 Å². The predicted molar refractivity (Wildman–Crippen MR) is 42.6 cm³/mol. The Labute approximate surface area is 69.7 Å². The highest BCUT2D eigenvalue weighted by Crippen LogP contribution is 2.11. The quantitative estimate of drug-likeness (QED) is 0.640. The van der Waals surface area contributed by atoms with Crippen molar-refractivity contribution in [2.45, 2.75) is 0 Å². The molecule has 0 spiro atoms. The third-order valence-electron chi connectivity index (χ3n) is 1.14. The Bertz CT molecular complexity index is 227. The molecular weight excluding hydrogens is 167 g/mol. The number of hydrogen-bond acceptors (Lipinski definition) is 1. The summed E-state index contributed by atoms with van der Waals surface area (Å²) >= 11 is 5.37. The molecule has 0 amide bonds. The van der Waals surface area contributed by atoms with E-state index in [9.17, 15) is 4.39 Å². The van der Waals surface area contributed by atoms with Crippen LogP contribution in [0.25, 0.3) is 0 Å². The molecule has 0 aliphatic carbocycles. The molecule has 0 N–H and O–H groups in total. The van der Waals surface area contributed by atoms with Gasteiger partial charge in [0.05, 0.1) is 5.88 Å². The second kappa shape index (κ2) is 4.19. The first-order valence-electron chi connectivity index (χ1n) is 3.27. The topological polar surface area (TPSA) is 9.23 Å². The van der Waals surface area contributed by atoms with Crippen LogP contribution in [0.1, 0.15) is 0 Å². The summed E-state index contributed by atoms with van der Waals surface area (Å²) in [6, 6.07) is 5.98. The Kier molecular flexibility index (Phi) is 3.17. The van der Waals surface area contributed by atoms with E-state index in [1.807, 2.05) is 0 Å². The zero-order chi connectivity index (χ0) is 8.10. The van der Waals surface area contributed by atoms with Crippen LogP contribution >= 0.6 is 11.6 Å². The maximum atomic E-state index is 12.5. The Morgan fingerprint density at radius 1 is 1.45 bits per heavy atom. The van der Waals surface area contributed by atoms with Gasteiger partial charge in [0.1, 0.15) is 18.2 Å². The molecule has 0 saturated heterocycles. The smallest absolute Gasteiger partial charge is 0.126 e. The molecule has 3 heteroatoms. The summed E-state index contributed by atoms with van der Waals surface area (Å²) in [5.74, 6) is 0.638. The van der Waals surface area contributed by atoms with Crippen molar-refractivity contribution in [3.63, 3.8) is 0 Å². The summed E-state index contributed by atoms with van der Waals surface area (Å²) in [5.41, 5.74) is 0. The monoisotopic (exact) mass is 174 g/mol. The number of benzene rings is 1. The lowest BCUT2D eigenvalue weighted by Gasteiger charge is -2.02. The van der Waals surface area contributed by atoms with Crippen LogP contribution in [0.4, 0.5) is 4.39 Å². The molecular formula is C8H8ClFO. The highest BCUT2D eigenvalue weighted by Gasteiger charge is 1.93. The molecule has 0 radical (unpaired) electrons. The summed E-state index contributed by atoms with van der Waals surface area (Å²) in [5, 5.41) is 0. The molecule has 0 fully saturated rings. The third kappa shape index (κ3) is 2.76. The largest absolute Gasteiger partial charge is 0.492 e. The average Bonchev–Trinajstić information content (AvgIpc) is 2.01. The fourth-order valence-corrected chi connectivity index (χ4v) is 0.790. The van der Waals surface area contributed by atoms with Gasteiger partial charge in [-0.25, -0.2) is 4.39 Å². The number of ether oxygens (including phenoxy) is 1. The minimum Gasteiger partial charge on any atom is -0.492 e. The maximum absolute atomic E-state index is 12.5. The Morgan fingerprint density at radius 3 is 2.91 bits per heavy atom. The van der Waals surface area contributed by atoms with Gasteiger partial charge in [-0.05, 0) is 12.1 Å². The van der Waals surface area contributed by atoms with Crippen LogP contribution in [0.5, 0.6) is 5.75 Å². The molecule has 0 aliphatic heterocycles. The normalized spacial score (nSPS) is 9.64. The number of halogens is 2. The molecule has 0 heterocycles. The molecule has 1 nitrogen and oxygen atoms in total. The second-order valence-corrected chi connectivity index (χ2v) is 2.37. The molecule has 0 aliphatic rings. The molecule has 11 heavy (non-hydrogen) atoms. The first-order chi connectivity index (χ1) is 5.33. The molecule has 0 aromatic heterocycles. The summed E-state index contributed by atoms with van der Waals surface area (Å²) < 4.78 is 17.5. The zero-order valence-electron chi connectivity index (χ0n) is 5.89. The maximum Gasteiger partial charge on any atom is 0.126 e. The standard InChI is InChI=1S/C8H8ClFO/c9-4-5-11-8-3-1-2-7(10)6-8/h1-3,6H,4-5H2. The minimum absolute atomic E-state index is 0.294. The second-order valence-electron chi connectivity index (χ2n) is 1.99. The molecule has 0 bridgehead atoms. The summed E-state index contributed by atoms with van der Waals surface area (Å²) in [6.07, 6.45) is 0. The van der Waals surface area contributed by atoms with E-state index >= 15 is 0 Å². The van der Waals surface area contributed by atoms with Crippen LogP contribution in [0.3, 0.4) is 0 Å². The first kappa shape index (κ1) is 8.34. The van der Waals surface area contributed by atoms with E-state index in [0.29, 0.717) is 18.2 Å². The lowest BCUT2D eigenvalue weighted by molar-refractivity contribution is 0.341. The van der Waals surface area contributed by atoms with Gasteiger partial charge in [0.2, 0.25) is 0 Å². The van der Waals surface area contributed by atoms with Crippen LogP contribution in [0.2, 0.25) is 0 Å². The highest BCUT2D eigenvalue weighted by atomic mass is 35.5. The van der Waals surface area contributed by atoms with Crippen molar-refractivity contribution in [2.75, 3.05) is 12.5 Å². The fourth-order valence-electron chi connectivity index (χ4n) is 0.713. The average molecular weight is 175 g/mol. The SMILES string of the molecule is Fc1cccc(OCCCl)c1. The van der Waals surface area contributed by atoms with Crippen molar-refractivity contribution in [2.24, 2.45) is 0 Å². The van der Waals surface area contributed by atoms with E-state index in [4.69, 9.17) is 16.3 Å². The van der Waals surface area contributed by atoms with E-state index in [-0.39, 0.29) is 5.82 Å². The van der Waals surface area contributed by atoms with Gasteiger partial charge in [-0.1, -0.05) is 6.07 Å². The van der Waals surface area contributed by atoms with E-state index in [1.165, 1.54) is 12.1 Å². The lowest BCUT2D eigenvalue weighted by Crippen LogP contribution is -1.97. The molecule has 1 aromatic carbocycles. The molecule has 0 unspecified atom stereocenters. The number of hydrogen-bond donors (Lipinski definition) is 0. The Hall–Kier alpha value is -0.760. The number of rotatable bonds is 3. The minimum atomic E-state index is -0.294. The van der Waals surface area contributed by atoms with Crippen molar-refractivity contribution in [1.29, 1.82) is 0 Å². The summed E-state index contributed by atoms with van der Waals surface area (Å²) in [7, 11) is 0. The van der Waals surface area contributed by atoms with E-state index < -0.39 is 0 Å². The van der Waals surface area contributed by atoms with Gasteiger partial charge in [-0.3, -0.25) is 0 Å². The summed E-state index contributed by atoms with van der Waals surface area (Å²) in [6.45, 7) is 0.408. The van der Waals surface area contributed by atoms with Crippen molar-refractivity contribution >= 4 is 11.6 Å². The van der Waals surface area contributed by atoms with Crippen LogP contribution in [0, 0.1) is 5.82 Å². The van der Waals surface area contributed by atoms with Gasteiger partial charge in [-0.2, -0.15) is 0 Å². The van der Waals surface area contributed by atoms with Gasteiger partial charge in [0, 0.05) is 6.07 Å². The van der Waals surface area contributed by atoms with Gasteiger partial charge in [0.25, 0.3) is 0 Å². The first-order valence-corrected chi connectivity index (χ1v) is 3.80. The third-order valence-corrected chi connectivity index (χ3v) is 1.30. The molecule has 0 atom stereocenters. The van der Waals surface area contributed by atoms with E-state index in [1.54, 1.807) is 12.1 Å². The lowest BCUT2D eigenvalue weighted by atomic mass is 10.3. The van der Waals surface area contributed by atoms with Crippen LogP contribution < -0.4 is 4.74 Å². The Morgan fingerprint density at radius 2 is 2.27 bits per heavy atom. The van der Waals surface area contributed by atoms with Gasteiger partial charge in [0.15, 0.2) is 0 Å². The van der Waals surface area contributed by atoms with Crippen molar-refractivity contribution in [3.05, 3.63) is 30.1 Å². The fraction of sp³-hybridized carbons (Fsp3) is 0.250. The molecule has 60 valence electrons. The Balaban J connectivity index is 2.56. The van der Waals surface area contributed by atoms with Crippen molar-refractivity contribution < 1.29 is 9.13 Å². The van der Waals surface area contributed by atoms with Gasteiger partial charge >= 0.3 is 0 Å². The number of alkyl halides is 1. The zero-order valence-corrected chi connectivity index (χ0v) is 6.64. The highest BCUT2D eigenvalue weighted by molar-refractivity contribution is 6.17. The van der Waals surface area contributed by atoms with Crippen LogP contribution in [-0.4, -0.2) is 12.5 Å². The van der Waals surface area contributed by atoms with E-state index in [2.05, 4.69) is 0 Å². The molecule has 1 aromatic rings.